The van der Waals surface area contributed by atoms with Crippen LogP contribution in [0.1, 0.15) is 40.0 Å². The summed E-state index contributed by atoms with van der Waals surface area (Å²) in [5, 5.41) is 11.7. The van der Waals surface area contributed by atoms with E-state index >= 15 is 0 Å². The Morgan fingerprint density at radius 2 is 2.06 bits per heavy atom. The number of rotatable bonds is 6. The third kappa shape index (κ3) is 4.94. The molecule has 0 heterocycles. The maximum Gasteiger partial charge on any atom is 0.246 e. The fourth-order valence-electron chi connectivity index (χ4n) is 1.55. The lowest BCUT2D eigenvalue weighted by Gasteiger charge is -2.20. The summed E-state index contributed by atoms with van der Waals surface area (Å²) in [5.74, 6) is -0.0702. The van der Waals surface area contributed by atoms with Gasteiger partial charge in [0, 0.05) is 13.2 Å². The van der Waals surface area contributed by atoms with Gasteiger partial charge >= 0.3 is 0 Å². The number of hydrogen-bond acceptors (Lipinski definition) is 3. The SMILES string of the molecule is CC(C)(C)OCC(=O)NCC1(CCO)CC1. The van der Waals surface area contributed by atoms with Gasteiger partial charge < -0.3 is 15.2 Å². The number of aliphatic hydroxyl groups is 1. The Hall–Kier alpha value is -0.610. The van der Waals surface area contributed by atoms with E-state index < -0.39 is 0 Å². The molecule has 4 heteroatoms. The van der Waals surface area contributed by atoms with Crippen molar-refractivity contribution in [3.05, 3.63) is 0 Å². The molecule has 1 aliphatic rings. The molecule has 1 rings (SSSR count). The Kier molecular flexibility index (Phi) is 4.33. The highest BCUT2D eigenvalue weighted by Crippen LogP contribution is 2.47. The molecule has 0 aromatic carbocycles. The Bertz CT molecular complexity index is 241. The molecule has 0 unspecified atom stereocenters. The minimum Gasteiger partial charge on any atom is -0.396 e. The number of amides is 1. The van der Waals surface area contributed by atoms with Crippen molar-refractivity contribution in [3.8, 4) is 0 Å². The van der Waals surface area contributed by atoms with Gasteiger partial charge in [0.1, 0.15) is 6.61 Å². The van der Waals surface area contributed by atoms with Crippen molar-refractivity contribution in [1.82, 2.24) is 5.32 Å². The van der Waals surface area contributed by atoms with Crippen molar-refractivity contribution in [2.45, 2.75) is 45.6 Å². The molecule has 0 bridgehead atoms. The van der Waals surface area contributed by atoms with Crippen LogP contribution in [-0.4, -0.2) is 36.4 Å². The van der Waals surface area contributed by atoms with Crippen molar-refractivity contribution >= 4 is 5.91 Å². The van der Waals surface area contributed by atoms with Crippen LogP contribution in [0.5, 0.6) is 0 Å². The van der Waals surface area contributed by atoms with Crippen LogP contribution in [-0.2, 0) is 9.53 Å². The van der Waals surface area contributed by atoms with Gasteiger partial charge in [-0.25, -0.2) is 0 Å². The second-order valence-corrected chi connectivity index (χ2v) is 5.65. The first kappa shape index (κ1) is 13.5. The van der Waals surface area contributed by atoms with Crippen LogP contribution in [0.2, 0.25) is 0 Å². The van der Waals surface area contributed by atoms with Gasteiger partial charge in [-0.1, -0.05) is 0 Å². The summed E-state index contributed by atoms with van der Waals surface area (Å²) in [6, 6.07) is 0. The number of ether oxygens (including phenoxy) is 1. The highest BCUT2D eigenvalue weighted by Gasteiger charge is 2.41. The second kappa shape index (κ2) is 5.15. The minimum absolute atomic E-state index is 0.0702. The topological polar surface area (TPSA) is 58.6 Å². The van der Waals surface area contributed by atoms with Crippen molar-refractivity contribution in [1.29, 1.82) is 0 Å². The van der Waals surface area contributed by atoms with E-state index in [9.17, 15) is 4.79 Å². The average Bonchev–Trinajstić information content (AvgIpc) is 2.92. The lowest BCUT2D eigenvalue weighted by atomic mass is 10.0. The van der Waals surface area contributed by atoms with E-state index in [2.05, 4.69) is 5.32 Å². The number of carbonyl (C=O) groups is 1. The summed E-state index contributed by atoms with van der Waals surface area (Å²) < 4.78 is 5.38. The first-order chi connectivity index (χ1) is 7.37. The number of hydrogen-bond donors (Lipinski definition) is 2. The average molecular weight is 229 g/mol. The summed E-state index contributed by atoms with van der Waals surface area (Å²) in [7, 11) is 0. The Balaban J connectivity index is 2.16. The van der Waals surface area contributed by atoms with Crippen LogP contribution in [0.3, 0.4) is 0 Å². The van der Waals surface area contributed by atoms with Crippen molar-refractivity contribution in [2.75, 3.05) is 19.8 Å². The summed E-state index contributed by atoms with van der Waals surface area (Å²) in [6.07, 6.45) is 3.00. The van der Waals surface area contributed by atoms with E-state index in [0.29, 0.717) is 6.54 Å². The molecule has 1 amide bonds. The zero-order chi connectivity index (χ0) is 12.2. The fraction of sp³-hybridized carbons (Fsp3) is 0.917. The largest absolute Gasteiger partial charge is 0.396 e. The van der Waals surface area contributed by atoms with E-state index in [-0.39, 0.29) is 30.1 Å². The van der Waals surface area contributed by atoms with Gasteiger partial charge in [-0.05, 0) is 45.4 Å². The molecule has 0 aliphatic heterocycles. The molecule has 0 aromatic heterocycles. The first-order valence-corrected chi connectivity index (χ1v) is 5.88. The molecule has 16 heavy (non-hydrogen) atoms. The van der Waals surface area contributed by atoms with Gasteiger partial charge in [0.25, 0.3) is 0 Å². The van der Waals surface area contributed by atoms with Crippen LogP contribution in [0.4, 0.5) is 0 Å². The number of carbonyl (C=O) groups excluding carboxylic acids is 1. The van der Waals surface area contributed by atoms with Gasteiger partial charge in [0.15, 0.2) is 0 Å². The molecule has 94 valence electrons. The lowest BCUT2D eigenvalue weighted by molar-refractivity contribution is -0.130. The van der Waals surface area contributed by atoms with Crippen LogP contribution in [0.15, 0.2) is 0 Å². The van der Waals surface area contributed by atoms with E-state index in [0.717, 1.165) is 19.3 Å². The molecule has 0 saturated heterocycles. The minimum atomic E-state index is -0.278. The predicted octanol–water partition coefficient (Wildman–Crippen LogP) is 1.08. The third-order valence-corrected chi connectivity index (χ3v) is 2.90. The van der Waals surface area contributed by atoms with Crippen LogP contribution in [0, 0.1) is 5.41 Å². The molecule has 1 aliphatic carbocycles. The van der Waals surface area contributed by atoms with Gasteiger partial charge in [-0.2, -0.15) is 0 Å². The summed E-state index contributed by atoms with van der Waals surface area (Å²) in [5.41, 5.74) is -0.105. The van der Waals surface area contributed by atoms with Gasteiger partial charge in [-0.3, -0.25) is 4.79 Å². The molecule has 0 radical (unpaired) electrons. The van der Waals surface area contributed by atoms with E-state index in [1.165, 1.54) is 0 Å². The highest BCUT2D eigenvalue weighted by molar-refractivity contribution is 5.77. The molecule has 4 nitrogen and oxygen atoms in total. The molecular weight excluding hydrogens is 206 g/mol. The summed E-state index contributed by atoms with van der Waals surface area (Å²) >= 11 is 0. The highest BCUT2D eigenvalue weighted by atomic mass is 16.5. The Morgan fingerprint density at radius 1 is 1.44 bits per heavy atom. The zero-order valence-electron chi connectivity index (χ0n) is 10.5. The van der Waals surface area contributed by atoms with Crippen molar-refractivity contribution < 1.29 is 14.6 Å². The quantitative estimate of drug-likeness (QED) is 0.716. The maximum absolute atomic E-state index is 11.5. The zero-order valence-corrected chi connectivity index (χ0v) is 10.5. The molecule has 0 spiro atoms. The van der Waals surface area contributed by atoms with Crippen molar-refractivity contribution in [2.24, 2.45) is 5.41 Å². The number of aliphatic hydroxyl groups excluding tert-OH is 1. The molecule has 1 fully saturated rings. The molecule has 2 N–H and O–H groups in total. The Labute approximate surface area is 97.4 Å². The lowest BCUT2D eigenvalue weighted by Crippen LogP contribution is -2.35. The first-order valence-electron chi connectivity index (χ1n) is 5.88. The second-order valence-electron chi connectivity index (χ2n) is 5.65. The Morgan fingerprint density at radius 3 is 2.50 bits per heavy atom. The van der Waals surface area contributed by atoms with E-state index in [1.54, 1.807) is 0 Å². The normalized spacial score (nSPS) is 18.2. The van der Waals surface area contributed by atoms with Crippen LogP contribution >= 0.6 is 0 Å². The van der Waals surface area contributed by atoms with Crippen LogP contribution in [0.25, 0.3) is 0 Å². The maximum atomic E-state index is 11.5. The standard InChI is InChI=1S/C12H23NO3/c1-11(2,3)16-8-10(15)13-9-12(4-5-12)6-7-14/h14H,4-9H2,1-3H3,(H,13,15). The van der Waals surface area contributed by atoms with E-state index in [4.69, 9.17) is 9.84 Å². The molecular formula is C12H23NO3. The third-order valence-electron chi connectivity index (χ3n) is 2.90. The van der Waals surface area contributed by atoms with Gasteiger partial charge in [0.2, 0.25) is 5.91 Å². The van der Waals surface area contributed by atoms with Crippen molar-refractivity contribution in [3.63, 3.8) is 0 Å². The predicted molar refractivity (Wildman–Crippen MR) is 62.1 cm³/mol. The molecule has 0 aromatic rings. The van der Waals surface area contributed by atoms with Crippen LogP contribution < -0.4 is 5.32 Å². The van der Waals surface area contributed by atoms with Gasteiger partial charge in [-0.15, -0.1) is 0 Å². The molecule has 0 atom stereocenters. The van der Waals surface area contributed by atoms with Gasteiger partial charge in [0.05, 0.1) is 5.60 Å². The van der Waals surface area contributed by atoms with E-state index in [1.807, 2.05) is 20.8 Å². The summed E-state index contributed by atoms with van der Waals surface area (Å²) in [6.45, 7) is 6.75. The monoisotopic (exact) mass is 229 g/mol. The smallest absolute Gasteiger partial charge is 0.246 e. The number of nitrogens with one attached hydrogen (secondary N) is 1. The molecule has 1 saturated carbocycles. The fourth-order valence-corrected chi connectivity index (χ4v) is 1.55. The summed E-state index contributed by atoms with van der Waals surface area (Å²) in [4.78, 5) is 11.5.